The molecule has 3 rings (SSSR count). The van der Waals surface area contributed by atoms with Crippen molar-refractivity contribution in [1.29, 1.82) is 0 Å². The Kier molecular flexibility index (Phi) is 4.81. The molecule has 0 aliphatic rings. The number of benzene rings is 2. The number of aromatic nitrogens is 2. The first-order chi connectivity index (χ1) is 11.6. The molecule has 24 heavy (non-hydrogen) atoms. The van der Waals surface area contributed by atoms with Crippen LogP contribution in [0.4, 0.5) is 0 Å². The Labute approximate surface area is 144 Å². The number of H-pyrrole nitrogens is 1. The number of hydrogen-bond donors (Lipinski definition) is 2. The minimum absolute atomic E-state index is 0.157. The average molecular weight is 319 g/mol. The van der Waals surface area contributed by atoms with Gasteiger partial charge in [-0.2, -0.15) is 0 Å². The van der Waals surface area contributed by atoms with Crippen LogP contribution in [0, 0.1) is 0 Å². The van der Waals surface area contributed by atoms with Gasteiger partial charge in [0.15, 0.2) is 0 Å². The largest absolute Gasteiger partial charge is 0.338 e. The van der Waals surface area contributed by atoms with Crippen molar-refractivity contribution in [2.45, 2.75) is 39.3 Å². The Morgan fingerprint density at radius 2 is 1.75 bits per heavy atom. The summed E-state index contributed by atoms with van der Waals surface area (Å²) in [7, 11) is 0. The fraction of sp³-hybridized carbons (Fsp3) is 0.286. The molecule has 0 aliphatic heterocycles. The van der Waals surface area contributed by atoms with Gasteiger partial charge in [-0.3, -0.25) is 0 Å². The number of nitrogens with zero attached hydrogens (tertiary/aromatic N) is 1. The first-order valence-electron chi connectivity index (χ1n) is 8.52. The summed E-state index contributed by atoms with van der Waals surface area (Å²) in [5.41, 5.74) is 4.75. The zero-order valence-corrected chi connectivity index (χ0v) is 14.6. The number of imidazole rings is 1. The van der Waals surface area contributed by atoms with E-state index in [1.807, 2.05) is 24.4 Å². The van der Waals surface area contributed by atoms with Crippen molar-refractivity contribution >= 4 is 0 Å². The SMILES string of the molecule is CCC(C)(C)NCc1cccc(-c2cnc(-c3ccccc3)[nH]2)c1. The van der Waals surface area contributed by atoms with Crippen LogP contribution < -0.4 is 5.32 Å². The van der Waals surface area contributed by atoms with Crippen LogP contribution in [0.15, 0.2) is 60.8 Å². The first kappa shape index (κ1) is 16.5. The smallest absolute Gasteiger partial charge is 0.137 e. The van der Waals surface area contributed by atoms with Gasteiger partial charge in [0.1, 0.15) is 5.82 Å². The number of aromatic amines is 1. The van der Waals surface area contributed by atoms with Crippen LogP contribution in [0.1, 0.15) is 32.8 Å². The van der Waals surface area contributed by atoms with E-state index in [0.29, 0.717) is 0 Å². The molecular weight excluding hydrogens is 294 g/mol. The molecule has 0 saturated carbocycles. The van der Waals surface area contributed by atoms with Gasteiger partial charge in [0.2, 0.25) is 0 Å². The van der Waals surface area contributed by atoms with Gasteiger partial charge in [-0.15, -0.1) is 0 Å². The lowest BCUT2D eigenvalue weighted by Crippen LogP contribution is -2.37. The van der Waals surface area contributed by atoms with Crippen LogP contribution in [0.2, 0.25) is 0 Å². The molecule has 0 fully saturated rings. The van der Waals surface area contributed by atoms with Crippen LogP contribution in [-0.4, -0.2) is 15.5 Å². The minimum atomic E-state index is 0.157. The van der Waals surface area contributed by atoms with Crippen molar-refractivity contribution in [3.63, 3.8) is 0 Å². The molecule has 2 N–H and O–H groups in total. The highest BCUT2D eigenvalue weighted by molar-refractivity contribution is 5.64. The van der Waals surface area contributed by atoms with Crippen molar-refractivity contribution in [3.05, 3.63) is 66.4 Å². The lowest BCUT2D eigenvalue weighted by molar-refractivity contribution is 0.374. The third-order valence-electron chi connectivity index (χ3n) is 4.52. The Morgan fingerprint density at radius 1 is 1.00 bits per heavy atom. The average Bonchev–Trinajstić information content (AvgIpc) is 3.11. The molecule has 124 valence electrons. The summed E-state index contributed by atoms with van der Waals surface area (Å²) in [5, 5.41) is 3.61. The highest BCUT2D eigenvalue weighted by Crippen LogP contribution is 2.23. The second kappa shape index (κ2) is 7.02. The van der Waals surface area contributed by atoms with E-state index in [2.05, 4.69) is 72.5 Å². The lowest BCUT2D eigenvalue weighted by Gasteiger charge is -2.24. The Bertz CT molecular complexity index is 788. The molecule has 2 aromatic carbocycles. The normalized spacial score (nSPS) is 11.6. The molecule has 0 radical (unpaired) electrons. The van der Waals surface area contributed by atoms with Gasteiger partial charge in [-0.25, -0.2) is 4.98 Å². The fourth-order valence-corrected chi connectivity index (χ4v) is 2.53. The third kappa shape index (κ3) is 3.92. The molecule has 0 bridgehead atoms. The molecule has 1 heterocycles. The van der Waals surface area contributed by atoms with E-state index in [9.17, 15) is 0 Å². The second-order valence-electron chi connectivity index (χ2n) is 6.80. The van der Waals surface area contributed by atoms with E-state index in [-0.39, 0.29) is 5.54 Å². The maximum atomic E-state index is 4.52. The highest BCUT2D eigenvalue weighted by Gasteiger charge is 2.13. The summed E-state index contributed by atoms with van der Waals surface area (Å²) in [6, 6.07) is 18.8. The van der Waals surface area contributed by atoms with Gasteiger partial charge < -0.3 is 10.3 Å². The van der Waals surface area contributed by atoms with Gasteiger partial charge in [0.25, 0.3) is 0 Å². The summed E-state index contributed by atoms with van der Waals surface area (Å²) in [6.07, 6.45) is 3.01. The molecule has 3 heteroatoms. The molecule has 0 unspecified atom stereocenters. The first-order valence-corrected chi connectivity index (χ1v) is 8.52. The number of hydrogen-bond acceptors (Lipinski definition) is 2. The molecule has 3 nitrogen and oxygen atoms in total. The van der Waals surface area contributed by atoms with Gasteiger partial charge in [-0.1, -0.05) is 55.5 Å². The van der Waals surface area contributed by atoms with E-state index in [1.165, 1.54) is 11.1 Å². The van der Waals surface area contributed by atoms with Crippen LogP contribution in [0.3, 0.4) is 0 Å². The van der Waals surface area contributed by atoms with E-state index >= 15 is 0 Å². The van der Waals surface area contributed by atoms with Crippen molar-refractivity contribution in [2.75, 3.05) is 0 Å². The van der Waals surface area contributed by atoms with E-state index < -0.39 is 0 Å². The Hall–Kier alpha value is -2.39. The second-order valence-corrected chi connectivity index (χ2v) is 6.80. The molecule has 0 aliphatic carbocycles. The summed E-state index contributed by atoms with van der Waals surface area (Å²) >= 11 is 0. The topological polar surface area (TPSA) is 40.7 Å². The van der Waals surface area contributed by atoms with Crippen molar-refractivity contribution in [1.82, 2.24) is 15.3 Å². The molecule has 0 spiro atoms. The summed E-state index contributed by atoms with van der Waals surface area (Å²) in [4.78, 5) is 7.94. The number of nitrogens with one attached hydrogen (secondary N) is 2. The maximum Gasteiger partial charge on any atom is 0.137 e. The number of rotatable bonds is 6. The minimum Gasteiger partial charge on any atom is -0.338 e. The fourth-order valence-electron chi connectivity index (χ4n) is 2.53. The molecule has 3 aromatic rings. The Balaban J connectivity index is 1.78. The third-order valence-corrected chi connectivity index (χ3v) is 4.52. The van der Waals surface area contributed by atoms with Crippen molar-refractivity contribution in [3.8, 4) is 22.6 Å². The van der Waals surface area contributed by atoms with Crippen molar-refractivity contribution < 1.29 is 0 Å². The molecule has 1 aromatic heterocycles. The lowest BCUT2D eigenvalue weighted by atomic mass is 10.0. The quantitative estimate of drug-likeness (QED) is 0.669. The van der Waals surface area contributed by atoms with Crippen LogP contribution in [0.25, 0.3) is 22.6 Å². The predicted octanol–water partition coefficient (Wildman–Crippen LogP) is 5.02. The monoisotopic (exact) mass is 319 g/mol. The standard InChI is InChI=1S/C21H25N3/c1-4-21(2,3)23-14-16-9-8-12-18(13-16)19-15-22-20(24-19)17-10-6-5-7-11-17/h5-13,15,23H,4,14H2,1-3H3,(H,22,24). The molecule has 0 atom stereocenters. The summed E-state index contributed by atoms with van der Waals surface area (Å²) in [6.45, 7) is 7.54. The van der Waals surface area contributed by atoms with Gasteiger partial charge >= 0.3 is 0 Å². The molecular formula is C21H25N3. The van der Waals surface area contributed by atoms with Crippen LogP contribution >= 0.6 is 0 Å². The molecule has 0 amide bonds. The molecule has 0 saturated heterocycles. The highest BCUT2D eigenvalue weighted by atomic mass is 14.9. The Morgan fingerprint density at radius 3 is 2.50 bits per heavy atom. The zero-order valence-electron chi connectivity index (χ0n) is 14.6. The zero-order chi connectivity index (χ0) is 17.0. The van der Waals surface area contributed by atoms with E-state index in [0.717, 1.165) is 30.0 Å². The van der Waals surface area contributed by atoms with E-state index in [1.54, 1.807) is 0 Å². The van der Waals surface area contributed by atoms with Crippen molar-refractivity contribution in [2.24, 2.45) is 0 Å². The summed E-state index contributed by atoms with van der Waals surface area (Å²) in [5.74, 6) is 0.904. The van der Waals surface area contributed by atoms with Crippen LogP contribution in [-0.2, 0) is 6.54 Å². The van der Waals surface area contributed by atoms with Gasteiger partial charge in [-0.05, 0) is 37.5 Å². The van der Waals surface area contributed by atoms with E-state index in [4.69, 9.17) is 0 Å². The summed E-state index contributed by atoms with van der Waals surface area (Å²) < 4.78 is 0. The predicted molar refractivity (Wildman–Crippen MR) is 101 cm³/mol. The van der Waals surface area contributed by atoms with Gasteiger partial charge in [0, 0.05) is 17.6 Å². The maximum absolute atomic E-state index is 4.52. The van der Waals surface area contributed by atoms with Crippen LogP contribution in [0.5, 0.6) is 0 Å². The van der Waals surface area contributed by atoms with Gasteiger partial charge in [0.05, 0.1) is 11.9 Å².